The summed E-state index contributed by atoms with van der Waals surface area (Å²) in [6, 6.07) is 13.5. The molecule has 5 atom stereocenters. The molecule has 1 aliphatic heterocycles. The molecule has 252 valence electrons. The van der Waals surface area contributed by atoms with E-state index in [4.69, 9.17) is 22.4 Å². The van der Waals surface area contributed by atoms with E-state index in [9.17, 15) is 0 Å². The van der Waals surface area contributed by atoms with Gasteiger partial charge in [0.15, 0.2) is 33.3 Å². The molecule has 0 aromatic rings. The second-order valence-electron chi connectivity index (χ2n) is 12.5. The summed E-state index contributed by atoms with van der Waals surface area (Å²) in [6.07, 6.45) is -0.509. The van der Waals surface area contributed by atoms with Gasteiger partial charge in [-0.15, -0.1) is 11.8 Å². The van der Waals surface area contributed by atoms with E-state index < -0.39 is 33.3 Å². The molecule has 0 radical (unpaired) electrons. The summed E-state index contributed by atoms with van der Waals surface area (Å²) in [4.78, 5) is 0. The minimum atomic E-state index is -1.99. The summed E-state index contributed by atoms with van der Waals surface area (Å²) < 4.78 is 36.8. The lowest BCUT2D eigenvalue weighted by atomic mass is 10.0. The molecule has 1 saturated heterocycles. The Morgan fingerprint density at radius 1 is 0.452 bits per heavy atom. The first-order chi connectivity index (χ1) is 20.0. The minimum Gasteiger partial charge on any atom is -0.414 e. The second kappa shape index (κ2) is 19.6. The molecule has 1 heterocycles. The van der Waals surface area contributed by atoms with Gasteiger partial charge in [-0.1, -0.05) is 90.0 Å². The standard InChI is InChI=1S/C32H72O5SSi4/c1-14-38-32-31(37-42(24-11,25-12)26-13)30(36-41(21-8,22-9)23-10)29(35-40(18-5,19-6)20-7)28(34-32)27-33-39(15-2,16-3)17-4/h28-32H,14-27H2,1-13H3/t28-,29+,30+,31-,32+/m1/s1. The zero-order chi connectivity index (χ0) is 32.0. The Morgan fingerprint density at radius 2 is 0.786 bits per heavy atom. The lowest BCUT2D eigenvalue weighted by Crippen LogP contribution is -2.67. The maximum Gasteiger partial charge on any atom is 0.192 e. The molecule has 0 amide bonds. The Morgan fingerprint density at radius 3 is 1.12 bits per heavy atom. The van der Waals surface area contributed by atoms with E-state index in [0.29, 0.717) is 6.61 Å². The quantitative estimate of drug-likeness (QED) is 0.100. The van der Waals surface area contributed by atoms with Crippen molar-refractivity contribution in [2.75, 3.05) is 12.4 Å². The van der Waals surface area contributed by atoms with Crippen molar-refractivity contribution in [3.8, 4) is 0 Å². The summed E-state index contributed by atoms with van der Waals surface area (Å²) in [5.74, 6) is 0.988. The summed E-state index contributed by atoms with van der Waals surface area (Å²) in [5, 5.41) is 0. The maximum atomic E-state index is 7.62. The largest absolute Gasteiger partial charge is 0.414 e. The van der Waals surface area contributed by atoms with E-state index in [2.05, 4.69) is 90.0 Å². The van der Waals surface area contributed by atoms with Crippen LogP contribution in [0.25, 0.3) is 0 Å². The molecule has 0 bridgehead atoms. The van der Waals surface area contributed by atoms with Crippen LogP contribution < -0.4 is 0 Å². The maximum absolute atomic E-state index is 7.62. The monoisotopic (exact) mass is 680 g/mol. The van der Waals surface area contributed by atoms with Gasteiger partial charge >= 0.3 is 0 Å². The van der Waals surface area contributed by atoms with E-state index >= 15 is 0 Å². The fourth-order valence-electron chi connectivity index (χ4n) is 6.89. The third-order valence-electron chi connectivity index (χ3n) is 11.4. The summed E-state index contributed by atoms with van der Waals surface area (Å²) in [7, 11) is -7.73. The predicted octanol–water partition coefficient (Wildman–Crippen LogP) is 10.7. The third kappa shape index (κ3) is 10.0. The average Bonchev–Trinajstić information content (AvgIpc) is 3.04. The second-order valence-corrected chi connectivity index (χ2v) is 32.9. The lowest BCUT2D eigenvalue weighted by molar-refractivity contribution is -0.190. The molecule has 10 heteroatoms. The van der Waals surface area contributed by atoms with Gasteiger partial charge in [-0.2, -0.15) is 0 Å². The molecule has 0 N–H and O–H groups in total. The normalized spacial score (nSPS) is 24.4. The van der Waals surface area contributed by atoms with Crippen LogP contribution in [0.15, 0.2) is 0 Å². The number of ether oxygens (including phenoxy) is 1. The Balaban J connectivity index is 3.87. The molecule has 1 aliphatic rings. The highest BCUT2D eigenvalue weighted by Crippen LogP contribution is 2.42. The van der Waals surface area contributed by atoms with Crippen LogP contribution in [0.4, 0.5) is 0 Å². The van der Waals surface area contributed by atoms with E-state index in [-0.39, 0.29) is 29.9 Å². The first kappa shape index (κ1) is 41.0. The van der Waals surface area contributed by atoms with Crippen LogP contribution in [0.1, 0.15) is 90.0 Å². The van der Waals surface area contributed by atoms with E-state index in [1.165, 1.54) is 0 Å². The number of thioether (sulfide) groups is 1. The highest BCUT2D eigenvalue weighted by molar-refractivity contribution is 7.99. The van der Waals surface area contributed by atoms with Crippen molar-refractivity contribution in [2.45, 2.75) is 192 Å². The zero-order valence-corrected chi connectivity index (χ0v) is 35.1. The highest BCUT2D eigenvalue weighted by atomic mass is 32.2. The molecule has 1 rings (SSSR count). The van der Waals surface area contributed by atoms with Crippen molar-refractivity contribution in [1.82, 2.24) is 0 Å². The van der Waals surface area contributed by atoms with Gasteiger partial charge in [0, 0.05) is 0 Å². The van der Waals surface area contributed by atoms with Gasteiger partial charge in [-0.05, 0) is 78.3 Å². The highest BCUT2D eigenvalue weighted by Gasteiger charge is 2.54. The average molecular weight is 681 g/mol. The first-order valence-electron chi connectivity index (χ1n) is 18.0. The fraction of sp³-hybridized carbons (Fsp3) is 1.00. The van der Waals surface area contributed by atoms with Crippen LogP contribution >= 0.6 is 11.8 Å². The van der Waals surface area contributed by atoms with Crippen LogP contribution in [0.2, 0.25) is 72.5 Å². The third-order valence-corrected chi connectivity index (χ3v) is 31.0. The van der Waals surface area contributed by atoms with Gasteiger partial charge in [0.05, 0.1) is 6.61 Å². The Bertz CT molecular complexity index is 684. The van der Waals surface area contributed by atoms with Crippen molar-refractivity contribution in [3.05, 3.63) is 0 Å². The van der Waals surface area contributed by atoms with Crippen molar-refractivity contribution in [2.24, 2.45) is 0 Å². The summed E-state index contributed by atoms with van der Waals surface area (Å²) in [5.41, 5.74) is -0.0656. The van der Waals surface area contributed by atoms with Gasteiger partial charge < -0.3 is 22.4 Å². The van der Waals surface area contributed by atoms with Gasteiger partial charge in [0.25, 0.3) is 0 Å². The Kier molecular flexibility index (Phi) is 19.2. The number of rotatable bonds is 23. The molecule has 0 aromatic carbocycles. The summed E-state index contributed by atoms with van der Waals surface area (Å²) >= 11 is 1.90. The molecule has 0 aliphatic carbocycles. The van der Waals surface area contributed by atoms with Gasteiger partial charge in [-0.3, -0.25) is 0 Å². The zero-order valence-electron chi connectivity index (χ0n) is 30.2. The van der Waals surface area contributed by atoms with Gasteiger partial charge in [0.2, 0.25) is 0 Å². The Labute approximate surface area is 271 Å². The van der Waals surface area contributed by atoms with Crippen molar-refractivity contribution in [3.63, 3.8) is 0 Å². The van der Waals surface area contributed by atoms with Crippen LogP contribution in [-0.4, -0.2) is 75.5 Å². The molecule has 0 aromatic heterocycles. The van der Waals surface area contributed by atoms with E-state index in [1.54, 1.807) is 0 Å². The summed E-state index contributed by atoms with van der Waals surface area (Å²) in [6.45, 7) is 30.9. The fourth-order valence-corrected chi connectivity index (χ4v) is 19.1. The van der Waals surface area contributed by atoms with Crippen LogP contribution in [0, 0.1) is 0 Å². The SMILES string of the molecule is CCS[C@@H]1O[C@H](CO[Si](CC)(CC)CC)[C@H](O[Si](CC)(CC)CC)[C@H](O[Si](CC)(CC)CC)[C@H]1O[Si](CC)(CC)CC. The molecule has 0 unspecified atom stereocenters. The van der Waals surface area contributed by atoms with Gasteiger partial charge in [0.1, 0.15) is 29.9 Å². The first-order valence-corrected chi connectivity index (χ1v) is 29.2. The topological polar surface area (TPSA) is 46.2 Å². The molecule has 42 heavy (non-hydrogen) atoms. The molecule has 5 nitrogen and oxygen atoms in total. The van der Waals surface area contributed by atoms with E-state index in [0.717, 1.165) is 78.3 Å². The van der Waals surface area contributed by atoms with Crippen LogP contribution in [0.3, 0.4) is 0 Å². The minimum absolute atomic E-state index is 0.0656. The van der Waals surface area contributed by atoms with Crippen molar-refractivity contribution in [1.29, 1.82) is 0 Å². The Hall–Kier alpha value is 1.02. The molecular weight excluding hydrogens is 609 g/mol. The van der Waals surface area contributed by atoms with Crippen molar-refractivity contribution < 1.29 is 22.4 Å². The molecule has 1 fully saturated rings. The van der Waals surface area contributed by atoms with E-state index in [1.807, 2.05) is 11.8 Å². The van der Waals surface area contributed by atoms with Crippen LogP contribution in [0.5, 0.6) is 0 Å². The predicted molar refractivity (Wildman–Crippen MR) is 196 cm³/mol. The smallest absolute Gasteiger partial charge is 0.192 e. The molecular formula is C32H72O5SSi4. The molecule has 0 spiro atoms. The lowest BCUT2D eigenvalue weighted by Gasteiger charge is -2.53. The van der Waals surface area contributed by atoms with Crippen molar-refractivity contribution >= 4 is 45.0 Å². The number of hydrogen-bond acceptors (Lipinski definition) is 6. The van der Waals surface area contributed by atoms with Gasteiger partial charge in [-0.25, -0.2) is 0 Å². The number of hydrogen-bond donors (Lipinski definition) is 0. The van der Waals surface area contributed by atoms with Crippen LogP contribution in [-0.2, 0) is 22.4 Å². The molecule has 0 saturated carbocycles.